The maximum absolute atomic E-state index is 12.4. The summed E-state index contributed by atoms with van der Waals surface area (Å²) in [6.07, 6.45) is -3.75. The summed E-state index contributed by atoms with van der Waals surface area (Å²) < 4.78 is 38.4. The SMILES string of the molecule is O=C(O)Cc1nnc2cc(C(F)(F)F)ccn12. The summed E-state index contributed by atoms with van der Waals surface area (Å²) >= 11 is 0. The van der Waals surface area contributed by atoms with E-state index in [-0.39, 0.29) is 11.5 Å². The van der Waals surface area contributed by atoms with Gasteiger partial charge < -0.3 is 5.11 Å². The number of hydrogen-bond donors (Lipinski definition) is 1. The summed E-state index contributed by atoms with van der Waals surface area (Å²) in [5, 5.41) is 15.6. The van der Waals surface area contributed by atoms with Crippen LogP contribution in [0.15, 0.2) is 18.3 Å². The Labute approximate surface area is 92.5 Å². The van der Waals surface area contributed by atoms with Gasteiger partial charge in [0.15, 0.2) is 5.65 Å². The molecule has 2 aromatic rings. The molecule has 0 saturated carbocycles. The molecule has 0 spiro atoms. The second-order valence-corrected chi connectivity index (χ2v) is 3.33. The van der Waals surface area contributed by atoms with Crippen LogP contribution in [0.4, 0.5) is 13.2 Å². The van der Waals surface area contributed by atoms with E-state index < -0.39 is 24.1 Å². The molecule has 2 rings (SSSR count). The number of aliphatic carboxylic acids is 1. The van der Waals surface area contributed by atoms with E-state index in [4.69, 9.17) is 5.11 Å². The standard InChI is InChI=1S/C9H6F3N3O2/c10-9(11,12)5-1-2-15-6(3-5)13-14-7(15)4-8(16)17/h1-3H,4H2,(H,16,17). The van der Waals surface area contributed by atoms with Gasteiger partial charge in [0.05, 0.1) is 5.56 Å². The minimum atomic E-state index is -4.46. The number of fused-ring (bicyclic) bond motifs is 1. The van der Waals surface area contributed by atoms with Crippen molar-refractivity contribution in [2.45, 2.75) is 12.6 Å². The van der Waals surface area contributed by atoms with Crippen molar-refractivity contribution in [1.29, 1.82) is 0 Å². The molecule has 0 atom stereocenters. The van der Waals surface area contributed by atoms with Crippen LogP contribution in [0, 0.1) is 0 Å². The molecule has 90 valence electrons. The van der Waals surface area contributed by atoms with Crippen LogP contribution in [-0.2, 0) is 17.4 Å². The van der Waals surface area contributed by atoms with Crippen molar-refractivity contribution in [3.05, 3.63) is 29.7 Å². The number of carboxylic acids is 1. The first-order chi connectivity index (χ1) is 7.88. The third-order valence-corrected chi connectivity index (χ3v) is 2.12. The van der Waals surface area contributed by atoms with Gasteiger partial charge in [-0.15, -0.1) is 10.2 Å². The molecule has 8 heteroatoms. The van der Waals surface area contributed by atoms with Crippen molar-refractivity contribution >= 4 is 11.6 Å². The molecular weight excluding hydrogens is 239 g/mol. The van der Waals surface area contributed by atoms with E-state index in [0.717, 1.165) is 18.3 Å². The largest absolute Gasteiger partial charge is 0.481 e. The molecule has 2 aromatic heterocycles. The number of alkyl halides is 3. The van der Waals surface area contributed by atoms with E-state index in [0.29, 0.717) is 0 Å². The Hall–Kier alpha value is -2.12. The highest BCUT2D eigenvalue weighted by molar-refractivity contribution is 5.69. The zero-order valence-electron chi connectivity index (χ0n) is 8.27. The fourth-order valence-corrected chi connectivity index (χ4v) is 1.37. The number of hydrogen-bond acceptors (Lipinski definition) is 3. The van der Waals surface area contributed by atoms with Gasteiger partial charge in [-0.05, 0) is 12.1 Å². The predicted octanol–water partition coefficient (Wildman–Crippen LogP) is 1.38. The quantitative estimate of drug-likeness (QED) is 0.867. The van der Waals surface area contributed by atoms with E-state index >= 15 is 0 Å². The highest BCUT2D eigenvalue weighted by Crippen LogP contribution is 2.29. The van der Waals surface area contributed by atoms with Crippen LogP contribution in [-0.4, -0.2) is 25.7 Å². The topological polar surface area (TPSA) is 67.5 Å². The lowest BCUT2D eigenvalue weighted by atomic mass is 10.2. The van der Waals surface area contributed by atoms with Crippen molar-refractivity contribution < 1.29 is 23.1 Å². The molecule has 0 aromatic carbocycles. The molecular formula is C9H6F3N3O2. The lowest BCUT2D eigenvalue weighted by Gasteiger charge is -2.06. The molecule has 0 unspecified atom stereocenters. The fraction of sp³-hybridized carbons (Fsp3) is 0.222. The Balaban J connectivity index is 2.48. The summed E-state index contributed by atoms with van der Waals surface area (Å²) in [7, 11) is 0. The van der Waals surface area contributed by atoms with Crippen LogP contribution in [0.3, 0.4) is 0 Å². The first-order valence-electron chi connectivity index (χ1n) is 4.50. The van der Waals surface area contributed by atoms with Crippen molar-refractivity contribution in [2.24, 2.45) is 0 Å². The monoisotopic (exact) mass is 245 g/mol. The molecule has 0 saturated heterocycles. The molecule has 5 nitrogen and oxygen atoms in total. The van der Waals surface area contributed by atoms with Gasteiger partial charge in [-0.25, -0.2) is 0 Å². The van der Waals surface area contributed by atoms with Gasteiger partial charge >= 0.3 is 12.1 Å². The number of carboxylic acid groups (broad SMARTS) is 1. The normalized spacial score (nSPS) is 11.9. The molecule has 17 heavy (non-hydrogen) atoms. The van der Waals surface area contributed by atoms with E-state index in [1.165, 1.54) is 4.40 Å². The van der Waals surface area contributed by atoms with Crippen molar-refractivity contribution in [3.8, 4) is 0 Å². The molecule has 2 heterocycles. The van der Waals surface area contributed by atoms with Crippen LogP contribution < -0.4 is 0 Å². The molecule has 0 radical (unpaired) electrons. The third-order valence-electron chi connectivity index (χ3n) is 2.12. The van der Waals surface area contributed by atoms with Crippen LogP contribution in [0.2, 0.25) is 0 Å². The first kappa shape index (κ1) is 11.4. The number of nitrogens with zero attached hydrogens (tertiary/aromatic N) is 3. The summed E-state index contributed by atoms with van der Waals surface area (Å²) in [6, 6.07) is 1.67. The molecule has 0 aliphatic heterocycles. The highest BCUT2D eigenvalue weighted by Gasteiger charge is 2.31. The van der Waals surface area contributed by atoms with Crippen LogP contribution in [0.25, 0.3) is 5.65 Å². The minimum absolute atomic E-state index is 0.0314. The second kappa shape index (κ2) is 3.72. The number of halogens is 3. The fourth-order valence-electron chi connectivity index (χ4n) is 1.37. The van der Waals surface area contributed by atoms with Gasteiger partial charge in [-0.1, -0.05) is 0 Å². The Bertz CT molecular complexity index is 576. The third kappa shape index (κ3) is 2.19. The van der Waals surface area contributed by atoms with Gasteiger partial charge in [0.2, 0.25) is 0 Å². The van der Waals surface area contributed by atoms with Crippen molar-refractivity contribution in [3.63, 3.8) is 0 Å². The van der Waals surface area contributed by atoms with Crippen molar-refractivity contribution in [2.75, 3.05) is 0 Å². The van der Waals surface area contributed by atoms with E-state index in [9.17, 15) is 18.0 Å². The molecule has 0 aliphatic carbocycles. The van der Waals surface area contributed by atoms with Gasteiger partial charge in [0, 0.05) is 6.20 Å². The van der Waals surface area contributed by atoms with Crippen LogP contribution in [0.1, 0.15) is 11.4 Å². The van der Waals surface area contributed by atoms with E-state index in [2.05, 4.69) is 10.2 Å². The predicted molar refractivity (Wildman–Crippen MR) is 49.3 cm³/mol. The maximum atomic E-state index is 12.4. The first-order valence-corrected chi connectivity index (χ1v) is 4.50. The number of pyridine rings is 1. The Kier molecular flexibility index (Phi) is 2.49. The number of rotatable bonds is 2. The molecule has 0 bridgehead atoms. The summed E-state index contributed by atoms with van der Waals surface area (Å²) in [4.78, 5) is 10.5. The number of aromatic nitrogens is 3. The molecule has 1 N–H and O–H groups in total. The highest BCUT2D eigenvalue weighted by atomic mass is 19.4. The lowest BCUT2D eigenvalue weighted by molar-refractivity contribution is -0.138. The smallest absolute Gasteiger partial charge is 0.416 e. The summed E-state index contributed by atoms with van der Waals surface area (Å²) in [5.74, 6) is -1.04. The Morgan fingerprint density at radius 3 is 2.71 bits per heavy atom. The molecule has 0 fully saturated rings. The van der Waals surface area contributed by atoms with Gasteiger partial charge in [-0.3, -0.25) is 9.20 Å². The van der Waals surface area contributed by atoms with E-state index in [1.807, 2.05) is 0 Å². The van der Waals surface area contributed by atoms with Gasteiger partial charge in [-0.2, -0.15) is 13.2 Å². The zero-order chi connectivity index (χ0) is 12.6. The Morgan fingerprint density at radius 1 is 1.41 bits per heavy atom. The average Bonchev–Trinajstić information content (AvgIpc) is 2.59. The Morgan fingerprint density at radius 2 is 2.12 bits per heavy atom. The van der Waals surface area contributed by atoms with E-state index in [1.54, 1.807) is 0 Å². The van der Waals surface area contributed by atoms with Crippen LogP contribution >= 0.6 is 0 Å². The minimum Gasteiger partial charge on any atom is -0.481 e. The molecule has 0 amide bonds. The lowest BCUT2D eigenvalue weighted by Crippen LogP contribution is -2.07. The molecule has 0 aliphatic rings. The number of carbonyl (C=O) groups is 1. The summed E-state index contributed by atoms with van der Waals surface area (Å²) in [5.41, 5.74) is -0.879. The summed E-state index contributed by atoms with van der Waals surface area (Å²) in [6.45, 7) is 0. The van der Waals surface area contributed by atoms with Gasteiger partial charge in [0.1, 0.15) is 12.2 Å². The van der Waals surface area contributed by atoms with Crippen LogP contribution in [0.5, 0.6) is 0 Å². The second-order valence-electron chi connectivity index (χ2n) is 3.33. The average molecular weight is 245 g/mol. The maximum Gasteiger partial charge on any atom is 0.416 e. The van der Waals surface area contributed by atoms with Crippen molar-refractivity contribution in [1.82, 2.24) is 14.6 Å². The zero-order valence-corrected chi connectivity index (χ0v) is 8.27. The van der Waals surface area contributed by atoms with Gasteiger partial charge in [0.25, 0.3) is 0 Å².